The van der Waals surface area contributed by atoms with Crippen molar-refractivity contribution in [3.8, 4) is 0 Å². The van der Waals surface area contributed by atoms with Gasteiger partial charge in [-0.15, -0.1) is 0 Å². The van der Waals surface area contributed by atoms with E-state index in [0.717, 1.165) is 32.3 Å². The summed E-state index contributed by atoms with van der Waals surface area (Å²) in [6.45, 7) is 3.38. The van der Waals surface area contributed by atoms with Crippen LogP contribution in [0.25, 0.3) is 0 Å². The van der Waals surface area contributed by atoms with Crippen molar-refractivity contribution >= 4 is 6.03 Å². The lowest BCUT2D eigenvalue weighted by atomic mass is 10.1. The molecule has 2 atom stereocenters. The van der Waals surface area contributed by atoms with E-state index in [4.69, 9.17) is 9.84 Å². The standard InChI is InChI=1S/C12H24N2O3/c1-2-10(9-15)14-12(16)13-7-6-11-5-3-4-8-17-11/h10-11,15H,2-9H2,1H3,(H2,13,14,16)/t10-,11?/m1/s1. The van der Waals surface area contributed by atoms with Crippen LogP contribution in [-0.4, -0.2) is 43.0 Å². The van der Waals surface area contributed by atoms with E-state index in [-0.39, 0.29) is 18.7 Å². The van der Waals surface area contributed by atoms with Gasteiger partial charge in [0.1, 0.15) is 0 Å². The van der Waals surface area contributed by atoms with Gasteiger partial charge >= 0.3 is 6.03 Å². The number of urea groups is 1. The van der Waals surface area contributed by atoms with E-state index >= 15 is 0 Å². The third-order valence-electron chi connectivity index (χ3n) is 3.07. The van der Waals surface area contributed by atoms with E-state index in [1.165, 1.54) is 6.42 Å². The number of hydrogen-bond acceptors (Lipinski definition) is 3. The summed E-state index contributed by atoms with van der Waals surface area (Å²) in [5.74, 6) is 0. The zero-order chi connectivity index (χ0) is 12.5. The first kappa shape index (κ1) is 14.3. The summed E-state index contributed by atoms with van der Waals surface area (Å²) in [5, 5.41) is 14.4. The average Bonchev–Trinajstić information content (AvgIpc) is 2.37. The highest BCUT2D eigenvalue weighted by atomic mass is 16.5. The molecule has 0 aromatic rings. The molecule has 17 heavy (non-hydrogen) atoms. The van der Waals surface area contributed by atoms with E-state index in [9.17, 15) is 4.79 Å². The Bertz CT molecular complexity index is 214. The minimum absolute atomic E-state index is 0.0182. The summed E-state index contributed by atoms with van der Waals surface area (Å²) in [5.41, 5.74) is 0. The molecule has 5 heteroatoms. The molecule has 1 saturated heterocycles. The number of amides is 2. The largest absolute Gasteiger partial charge is 0.394 e. The van der Waals surface area contributed by atoms with Crippen molar-refractivity contribution in [2.24, 2.45) is 0 Å². The lowest BCUT2D eigenvalue weighted by molar-refractivity contribution is 0.0119. The van der Waals surface area contributed by atoms with Crippen molar-refractivity contribution in [3.05, 3.63) is 0 Å². The minimum atomic E-state index is -0.207. The number of aliphatic hydroxyl groups excluding tert-OH is 1. The van der Waals surface area contributed by atoms with Crippen LogP contribution in [-0.2, 0) is 4.74 Å². The van der Waals surface area contributed by atoms with Crippen LogP contribution in [0.1, 0.15) is 39.0 Å². The van der Waals surface area contributed by atoms with Gasteiger partial charge in [0.15, 0.2) is 0 Å². The van der Waals surface area contributed by atoms with Crippen molar-refractivity contribution in [1.29, 1.82) is 0 Å². The Morgan fingerprint density at radius 2 is 2.35 bits per heavy atom. The van der Waals surface area contributed by atoms with Gasteiger partial charge in [0.05, 0.1) is 18.8 Å². The monoisotopic (exact) mass is 244 g/mol. The molecule has 1 unspecified atom stereocenters. The minimum Gasteiger partial charge on any atom is -0.394 e. The highest BCUT2D eigenvalue weighted by Crippen LogP contribution is 2.14. The Morgan fingerprint density at radius 3 is 2.94 bits per heavy atom. The SMILES string of the molecule is CC[C@H](CO)NC(=O)NCCC1CCCCO1. The summed E-state index contributed by atoms with van der Waals surface area (Å²) in [6.07, 6.45) is 5.36. The van der Waals surface area contributed by atoms with Crippen molar-refractivity contribution in [1.82, 2.24) is 10.6 Å². The quantitative estimate of drug-likeness (QED) is 0.653. The molecule has 0 spiro atoms. The number of carbonyl (C=O) groups is 1. The van der Waals surface area contributed by atoms with Crippen LogP contribution in [0.2, 0.25) is 0 Å². The normalized spacial score (nSPS) is 21.9. The maximum atomic E-state index is 11.4. The van der Waals surface area contributed by atoms with Crippen molar-refractivity contribution in [2.75, 3.05) is 19.8 Å². The number of aliphatic hydroxyl groups is 1. The molecule has 1 rings (SSSR count). The Labute approximate surface area is 103 Å². The van der Waals surface area contributed by atoms with Gasteiger partial charge in [-0.3, -0.25) is 0 Å². The molecular formula is C12H24N2O3. The summed E-state index contributed by atoms with van der Waals surface area (Å²) in [7, 11) is 0. The smallest absolute Gasteiger partial charge is 0.315 e. The zero-order valence-electron chi connectivity index (χ0n) is 10.6. The van der Waals surface area contributed by atoms with Crippen molar-refractivity contribution < 1.29 is 14.6 Å². The second kappa shape index (κ2) is 8.31. The molecule has 3 N–H and O–H groups in total. The van der Waals surface area contributed by atoms with E-state index < -0.39 is 0 Å². The van der Waals surface area contributed by atoms with Gasteiger partial charge in [-0.25, -0.2) is 4.79 Å². The van der Waals surface area contributed by atoms with E-state index in [1.807, 2.05) is 6.92 Å². The van der Waals surface area contributed by atoms with Crippen molar-refractivity contribution in [3.63, 3.8) is 0 Å². The van der Waals surface area contributed by atoms with E-state index in [2.05, 4.69) is 10.6 Å². The Morgan fingerprint density at radius 1 is 1.53 bits per heavy atom. The Kier molecular flexibility index (Phi) is 6.96. The van der Waals surface area contributed by atoms with Crippen LogP contribution < -0.4 is 10.6 Å². The fraction of sp³-hybridized carbons (Fsp3) is 0.917. The van der Waals surface area contributed by atoms with Gasteiger partial charge in [0.2, 0.25) is 0 Å². The molecule has 0 radical (unpaired) electrons. The lowest BCUT2D eigenvalue weighted by Gasteiger charge is -2.22. The number of rotatable bonds is 6. The molecular weight excluding hydrogens is 220 g/mol. The Balaban J connectivity index is 2.06. The summed E-state index contributed by atoms with van der Waals surface area (Å²) < 4.78 is 5.57. The first-order valence-corrected chi connectivity index (χ1v) is 6.53. The maximum absolute atomic E-state index is 11.4. The van der Waals surface area contributed by atoms with Crippen LogP contribution in [0, 0.1) is 0 Å². The van der Waals surface area contributed by atoms with E-state index in [0.29, 0.717) is 12.6 Å². The van der Waals surface area contributed by atoms with Gasteiger partial charge in [0.25, 0.3) is 0 Å². The number of ether oxygens (including phenoxy) is 1. The molecule has 5 nitrogen and oxygen atoms in total. The van der Waals surface area contributed by atoms with Crippen LogP contribution >= 0.6 is 0 Å². The lowest BCUT2D eigenvalue weighted by Crippen LogP contribution is -2.44. The number of hydrogen-bond donors (Lipinski definition) is 3. The molecule has 1 fully saturated rings. The highest BCUT2D eigenvalue weighted by Gasteiger charge is 2.14. The van der Waals surface area contributed by atoms with Crippen LogP contribution in [0.4, 0.5) is 4.79 Å². The molecule has 0 aromatic carbocycles. The maximum Gasteiger partial charge on any atom is 0.315 e. The topological polar surface area (TPSA) is 70.6 Å². The Hall–Kier alpha value is -0.810. The molecule has 0 saturated carbocycles. The number of nitrogens with one attached hydrogen (secondary N) is 2. The van der Waals surface area contributed by atoms with Gasteiger partial charge in [0, 0.05) is 13.2 Å². The van der Waals surface area contributed by atoms with Crippen molar-refractivity contribution in [2.45, 2.75) is 51.2 Å². The second-order valence-electron chi connectivity index (χ2n) is 4.47. The molecule has 0 aromatic heterocycles. The van der Waals surface area contributed by atoms with Gasteiger partial charge in [-0.05, 0) is 32.1 Å². The first-order chi connectivity index (χ1) is 8.26. The molecule has 0 aliphatic carbocycles. The highest BCUT2D eigenvalue weighted by molar-refractivity contribution is 5.74. The van der Waals surface area contributed by atoms with E-state index in [1.54, 1.807) is 0 Å². The summed E-state index contributed by atoms with van der Waals surface area (Å²) in [6, 6.07) is -0.359. The predicted molar refractivity (Wildman–Crippen MR) is 65.9 cm³/mol. The molecule has 1 heterocycles. The zero-order valence-corrected chi connectivity index (χ0v) is 10.6. The van der Waals surface area contributed by atoms with Gasteiger partial charge in [-0.1, -0.05) is 6.92 Å². The third-order valence-corrected chi connectivity index (χ3v) is 3.07. The fourth-order valence-corrected chi connectivity index (χ4v) is 1.89. The molecule has 1 aliphatic heterocycles. The molecule has 2 amide bonds. The van der Waals surface area contributed by atoms with Crippen LogP contribution in [0.3, 0.4) is 0 Å². The summed E-state index contributed by atoms with van der Waals surface area (Å²) >= 11 is 0. The van der Waals surface area contributed by atoms with Gasteiger partial charge in [-0.2, -0.15) is 0 Å². The number of carbonyl (C=O) groups excluding carboxylic acids is 1. The summed E-state index contributed by atoms with van der Waals surface area (Å²) in [4.78, 5) is 11.4. The van der Waals surface area contributed by atoms with Crippen LogP contribution in [0.15, 0.2) is 0 Å². The first-order valence-electron chi connectivity index (χ1n) is 6.53. The molecule has 1 aliphatic rings. The fourth-order valence-electron chi connectivity index (χ4n) is 1.89. The third kappa shape index (κ3) is 5.89. The molecule has 100 valence electrons. The molecule has 0 bridgehead atoms. The van der Waals surface area contributed by atoms with Gasteiger partial charge < -0.3 is 20.5 Å². The van der Waals surface area contributed by atoms with Crippen LogP contribution in [0.5, 0.6) is 0 Å². The average molecular weight is 244 g/mol. The second-order valence-corrected chi connectivity index (χ2v) is 4.47. The predicted octanol–water partition coefficient (Wildman–Crippen LogP) is 1.02.